The van der Waals surface area contributed by atoms with E-state index in [1.54, 1.807) is 0 Å². The van der Waals surface area contributed by atoms with Gasteiger partial charge in [-0.1, -0.05) is 56.3 Å². The van der Waals surface area contributed by atoms with Gasteiger partial charge in [0.05, 0.1) is 5.56 Å². The molecule has 0 aliphatic carbocycles. The molecule has 1 unspecified atom stereocenters. The van der Waals surface area contributed by atoms with E-state index in [2.05, 4.69) is 29.4 Å². The smallest absolute Gasteiger partial charge is 0.254 e. The van der Waals surface area contributed by atoms with Crippen LogP contribution < -0.4 is 5.32 Å². The van der Waals surface area contributed by atoms with Crippen LogP contribution in [0.1, 0.15) is 56.3 Å². The summed E-state index contributed by atoms with van der Waals surface area (Å²) in [7, 11) is 0. The fraction of sp³-hybridized carbons (Fsp3) is 0.615. The summed E-state index contributed by atoms with van der Waals surface area (Å²) in [6.07, 6.45) is 5.15. The Morgan fingerprint density at radius 3 is 2.63 bits per heavy atom. The molecule has 1 atom stereocenters. The van der Waals surface area contributed by atoms with Crippen molar-refractivity contribution >= 4 is 29.1 Å². The van der Waals surface area contributed by atoms with E-state index in [9.17, 15) is 4.79 Å². The molecule has 0 bridgehead atoms. The summed E-state index contributed by atoms with van der Waals surface area (Å²) in [5.74, 6) is -0.239. The summed E-state index contributed by atoms with van der Waals surface area (Å²) >= 11 is 11.6. The topological polar surface area (TPSA) is 54.9 Å². The largest absolute Gasteiger partial charge is 0.349 e. The highest BCUT2D eigenvalue weighted by molar-refractivity contribution is 6.34. The van der Waals surface area contributed by atoms with Gasteiger partial charge in [-0.05, 0) is 18.9 Å². The van der Waals surface area contributed by atoms with Crippen LogP contribution in [0.15, 0.2) is 6.07 Å². The van der Waals surface area contributed by atoms with Crippen LogP contribution in [-0.2, 0) is 0 Å². The van der Waals surface area contributed by atoms with Crippen LogP contribution >= 0.6 is 23.2 Å². The van der Waals surface area contributed by atoms with Gasteiger partial charge in [0, 0.05) is 6.04 Å². The highest BCUT2D eigenvalue weighted by Crippen LogP contribution is 2.16. The van der Waals surface area contributed by atoms with Crippen LogP contribution in [0, 0.1) is 0 Å². The second kappa shape index (κ2) is 8.33. The Kier molecular flexibility index (Phi) is 7.10. The lowest BCUT2D eigenvalue weighted by Gasteiger charge is -2.18. The molecule has 0 aliphatic heterocycles. The number of aromatic nitrogens is 2. The number of hydrogen-bond acceptors (Lipinski definition) is 3. The van der Waals surface area contributed by atoms with Gasteiger partial charge >= 0.3 is 0 Å². The van der Waals surface area contributed by atoms with Gasteiger partial charge in [0.2, 0.25) is 0 Å². The Morgan fingerprint density at radius 1 is 1.26 bits per heavy atom. The number of rotatable bonds is 7. The van der Waals surface area contributed by atoms with Crippen molar-refractivity contribution in [1.82, 2.24) is 15.5 Å². The van der Waals surface area contributed by atoms with Gasteiger partial charge in [0.1, 0.15) is 0 Å². The fourth-order valence-corrected chi connectivity index (χ4v) is 2.19. The standard InChI is InChI=1S/C13H19Cl2N3O/c1-3-5-7-9(6-4-2)16-13(19)10-8-11(14)17-18-12(10)15/h8-9H,3-7H2,1-2H3,(H,16,19). The number of halogens is 2. The van der Waals surface area contributed by atoms with E-state index >= 15 is 0 Å². The van der Waals surface area contributed by atoms with E-state index in [0.717, 1.165) is 32.1 Å². The predicted molar refractivity (Wildman–Crippen MR) is 77.7 cm³/mol. The van der Waals surface area contributed by atoms with E-state index in [-0.39, 0.29) is 27.8 Å². The van der Waals surface area contributed by atoms with Crippen molar-refractivity contribution < 1.29 is 4.79 Å². The van der Waals surface area contributed by atoms with Crippen molar-refractivity contribution in [2.45, 2.75) is 52.0 Å². The second-order valence-corrected chi connectivity index (χ2v) is 5.22. The lowest BCUT2D eigenvalue weighted by molar-refractivity contribution is 0.0931. The normalized spacial score (nSPS) is 12.2. The molecular formula is C13H19Cl2N3O. The van der Waals surface area contributed by atoms with Gasteiger partial charge < -0.3 is 5.32 Å². The third-order valence-electron chi connectivity index (χ3n) is 2.84. The molecule has 1 N–H and O–H groups in total. The minimum absolute atomic E-state index is 0.0765. The summed E-state index contributed by atoms with van der Waals surface area (Å²) < 4.78 is 0. The monoisotopic (exact) mass is 303 g/mol. The van der Waals surface area contributed by atoms with E-state index in [4.69, 9.17) is 23.2 Å². The number of nitrogens with one attached hydrogen (secondary N) is 1. The highest BCUT2D eigenvalue weighted by atomic mass is 35.5. The van der Waals surface area contributed by atoms with Crippen LogP contribution in [0.2, 0.25) is 10.3 Å². The predicted octanol–water partition coefficient (Wildman–Crippen LogP) is 3.87. The van der Waals surface area contributed by atoms with Crippen molar-refractivity contribution in [2.24, 2.45) is 0 Å². The maximum atomic E-state index is 12.1. The summed E-state index contributed by atoms with van der Waals surface area (Å²) in [4.78, 5) is 12.1. The molecule has 0 aromatic carbocycles. The Balaban J connectivity index is 2.72. The zero-order valence-corrected chi connectivity index (χ0v) is 12.8. The van der Waals surface area contributed by atoms with Gasteiger partial charge in [-0.3, -0.25) is 4.79 Å². The van der Waals surface area contributed by atoms with Crippen molar-refractivity contribution in [3.05, 3.63) is 21.9 Å². The Bertz CT molecular complexity index is 426. The van der Waals surface area contributed by atoms with E-state index < -0.39 is 0 Å². The summed E-state index contributed by atoms with van der Waals surface area (Å²) in [6.45, 7) is 4.23. The summed E-state index contributed by atoms with van der Waals surface area (Å²) in [6, 6.07) is 1.61. The maximum absolute atomic E-state index is 12.1. The van der Waals surface area contributed by atoms with Crippen molar-refractivity contribution in [3.8, 4) is 0 Å². The first-order valence-electron chi connectivity index (χ1n) is 6.58. The fourth-order valence-electron chi connectivity index (χ4n) is 1.86. The van der Waals surface area contributed by atoms with Crippen LogP contribution in [0.25, 0.3) is 0 Å². The molecule has 1 rings (SSSR count). The first kappa shape index (κ1) is 16.2. The van der Waals surface area contributed by atoms with Crippen LogP contribution in [0.3, 0.4) is 0 Å². The molecular weight excluding hydrogens is 285 g/mol. The van der Waals surface area contributed by atoms with Crippen molar-refractivity contribution in [2.75, 3.05) is 0 Å². The average Bonchev–Trinajstić information content (AvgIpc) is 2.39. The molecule has 0 saturated carbocycles. The molecule has 1 aromatic heterocycles. The molecule has 1 amide bonds. The van der Waals surface area contributed by atoms with E-state index in [1.807, 2.05) is 0 Å². The molecule has 4 nitrogen and oxygen atoms in total. The third kappa shape index (κ3) is 5.33. The number of amides is 1. The molecule has 0 aliphatic rings. The average molecular weight is 304 g/mol. The first-order valence-corrected chi connectivity index (χ1v) is 7.33. The molecule has 1 heterocycles. The van der Waals surface area contributed by atoms with Gasteiger partial charge in [-0.2, -0.15) is 0 Å². The maximum Gasteiger partial charge on any atom is 0.254 e. The van der Waals surface area contributed by atoms with Crippen molar-refractivity contribution in [1.29, 1.82) is 0 Å². The quantitative estimate of drug-likeness (QED) is 0.832. The lowest BCUT2D eigenvalue weighted by atomic mass is 10.0. The van der Waals surface area contributed by atoms with Crippen LogP contribution in [0.4, 0.5) is 0 Å². The number of carbonyl (C=O) groups excluding carboxylic acids is 1. The van der Waals surface area contributed by atoms with Gasteiger partial charge in [-0.25, -0.2) is 0 Å². The molecule has 6 heteroatoms. The molecule has 106 valence electrons. The van der Waals surface area contributed by atoms with Crippen LogP contribution in [0.5, 0.6) is 0 Å². The third-order valence-corrected chi connectivity index (χ3v) is 3.31. The summed E-state index contributed by atoms with van der Waals surface area (Å²) in [5, 5.41) is 10.5. The Hall–Kier alpha value is -0.870. The number of nitrogens with zero attached hydrogens (tertiary/aromatic N) is 2. The first-order chi connectivity index (χ1) is 9.08. The zero-order chi connectivity index (χ0) is 14.3. The second-order valence-electron chi connectivity index (χ2n) is 4.47. The Labute approximate surface area is 123 Å². The molecule has 0 saturated heterocycles. The number of hydrogen-bond donors (Lipinski definition) is 1. The molecule has 0 spiro atoms. The zero-order valence-electron chi connectivity index (χ0n) is 11.2. The number of unbranched alkanes of at least 4 members (excludes halogenated alkanes) is 1. The molecule has 19 heavy (non-hydrogen) atoms. The van der Waals surface area contributed by atoms with Gasteiger partial charge in [0.25, 0.3) is 5.91 Å². The minimum atomic E-state index is -0.239. The Morgan fingerprint density at radius 2 is 2.00 bits per heavy atom. The molecule has 0 radical (unpaired) electrons. The van der Waals surface area contributed by atoms with E-state index in [0.29, 0.717) is 0 Å². The lowest BCUT2D eigenvalue weighted by Crippen LogP contribution is -2.35. The SMILES string of the molecule is CCCCC(CCC)NC(=O)c1cc(Cl)nnc1Cl. The molecule has 0 fully saturated rings. The van der Waals surface area contributed by atoms with E-state index in [1.165, 1.54) is 6.07 Å². The highest BCUT2D eigenvalue weighted by Gasteiger charge is 2.17. The van der Waals surface area contributed by atoms with Crippen LogP contribution in [-0.4, -0.2) is 22.1 Å². The molecule has 1 aromatic rings. The van der Waals surface area contributed by atoms with Gasteiger partial charge in [0.15, 0.2) is 10.3 Å². The van der Waals surface area contributed by atoms with Gasteiger partial charge in [-0.15, -0.1) is 10.2 Å². The van der Waals surface area contributed by atoms with Crippen molar-refractivity contribution in [3.63, 3.8) is 0 Å². The minimum Gasteiger partial charge on any atom is -0.349 e. The number of carbonyl (C=O) groups is 1. The summed E-state index contributed by atoms with van der Waals surface area (Å²) in [5.41, 5.74) is 0.277.